The Hall–Kier alpha value is -3.85. The Balaban J connectivity index is 1.46. The van der Waals surface area contributed by atoms with Crippen molar-refractivity contribution in [2.24, 2.45) is 0 Å². The van der Waals surface area contributed by atoms with Gasteiger partial charge < -0.3 is 14.7 Å². The molecule has 4 aromatic rings. The largest absolute Gasteiger partial charge is 0.464 e. The summed E-state index contributed by atoms with van der Waals surface area (Å²) in [5, 5.41) is 0.972. The molecule has 4 heterocycles. The van der Waals surface area contributed by atoms with Gasteiger partial charge in [-0.25, -0.2) is 19.7 Å². The molecule has 9 heteroatoms. The van der Waals surface area contributed by atoms with E-state index in [9.17, 15) is 9.59 Å². The van der Waals surface area contributed by atoms with E-state index >= 15 is 0 Å². The van der Waals surface area contributed by atoms with Gasteiger partial charge in [-0.1, -0.05) is 18.2 Å². The molecule has 1 aromatic carbocycles. The number of aromatic nitrogens is 5. The number of fused-ring (bicyclic) bond motifs is 2. The third kappa shape index (κ3) is 3.49. The molecule has 0 radical (unpaired) electrons. The van der Waals surface area contributed by atoms with E-state index < -0.39 is 5.97 Å². The van der Waals surface area contributed by atoms with Gasteiger partial charge in [0.2, 0.25) is 0 Å². The smallest absolute Gasteiger partial charge is 0.354 e. The van der Waals surface area contributed by atoms with E-state index in [-0.39, 0.29) is 5.56 Å². The second-order valence-electron chi connectivity index (χ2n) is 7.44. The second kappa shape index (κ2) is 7.77. The first-order chi connectivity index (χ1) is 15.1. The third-order valence-electron chi connectivity index (χ3n) is 5.57. The van der Waals surface area contributed by atoms with Gasteiger partial charge in [0.25, 0.3) is 5.56 Å². The fourth-order valence-electron chi connectivity index (χ4n) is 4.04. The lowest BCUT2D eigenvalue weighted by molar-refractivity contribution is 0.0592. The topological polar surface area (TPSA) is 117 Å². The zero-order chi connectivity index (χ0) is 21.4. The number of nitrogens with one attached hydrogen (secondary N) is 2. The molecule has 0 spiro atoms. The van der Waals surface area contributed by atoms with Gasteiger partial charge in [-0.3, -0.25) is 9.69 Å². The van der Waals surface area contributed by atoms with E-state index in [1.54, 1.807) is 12.4 Å². The van der Waals surface area contributed by atoms with Crippen LogP contribution in [0.2, 0.25) is 0 Å². The highest BCUT2D eigenvalue weighted by Crippen LogP contribution is 2.26. The zero-order valence-corrected chi connectivity index (χ0v) is 16.9. The Morgan fingerprint density at radius 1 is 1.19 bits per heavy atom. The Kier molecular flexibility index (Phi) is 4.79. The molecule has 1 aliphatic heterocycles. The van der Waals surface area contributed by atoms with E-state index in [1.807, 2.05) is 24.3 Å². The standard InChI is InChI=1S/C22H20N6O3/c1-31-22(30)19-15(14-4-2-3-5-17(14)25-19)10-28-7-6-18-16(11-28)21(29)27-20(26-18)13-8-23-12-24-9-13/h2-5,8-9,12,25H,6-7,10-11H2,1H3,(H,26,27,29). The van der Waals surface area contributed by atoms with E-state index in [0.29, 0.717) is 48.7 Å². The van der Waals surface area contributed by atoms with Gasteiger partial charge >= 0.3 is 5.97 Å². The molecule has 2 N–H and O–H groups in total. The Labute approximate surface area is 177 Å². The molecule has 0 saturated heterocycles. The van der Waals surface area contributed by atoms with E-state index in [1.165, 1.54) is 13.4 Å². The molecule has 156 valence electrons. The molecule has 9 nitrogen and oxygen atoms in total. The molecule has 0 atom stereocenters. The van der Waals surface area contributed by atoms with Gasteiger partial charge in [-0.15, -0.1) is 0 Å². The first-order valence-electron chi connectivity index (χ1n) is 9.91. The number of methoxy groups -OCH3 is 1. The lowest BCUT2D eigenvalue weighted by atomic mass is 10.0. The van der Waals surface area contributed by atoms with Crippen LogP contribution in [0.1, 0.15) is 27.3 Å². The summed E-state index contributed by atoms with van der Waals surface area (Å²) in [4.78, 5) is 45.9. The molecule has 0 unspecified atom stereocenters. The number of hydrogen-bond donors (Lipinski definition) is 2. The van der Waals surface area contributed by atoms with Crippen LogP contribution in [0.3, 0.4) is 0 Å². The number of benzene rings is 1. The number of H-pyrrole nitrogens is 2. The van der Waals surface area contributed by atoms with Crippen molar-refractivity contribution in [2.75, 3.05) is 13.7 Å². The fourth-order valence-corrected chi connectivity index (χ4v) is 4.04. The van der Waals surface area contributed by atoms with Crippen molar-refractivity contribution in [3.05, 3.63) is 75.9 Å². The van der Waals surface area contributed by atoms with Gasteiger partial charge in [0.1, 0.15) is 17.8 Å². The van der Waals surface area contributed by atoms with Crippen LogP contribution in [0.15, 0.2) is 47.8 Å². The van der Waals surface area contributed by atoms with Crippen LogP contribution >= 0.6 is 0 Å². The number of rotatable bonds is 4. The van der Waals surface area contributed by atoms with Gasteiger partial charge in [0.05, 0.1) is 23.9 Å². The summed E-state index contributed by atoms with van der Waals surface area (Å²) in [7, 11) is 1.37. The van der Waals surface area contributed by atoms with Crippen molar-refractivity contribution >= 4 is 16.9 Å². The van der Waals surface area contributed by atoms with E-state index in [4.69, 9.17) is 4.74 Å². The summed E-state index contributed by atoms with van der Waals surface area (Å²) in [6.07, 6.45) is 5.32. The van der Waals surface area contributed by atoms with Crippen LogP contribution in [0.4, 0.5) is 0 Å². The maximum atomic E-state index is 12.8. The maximum absolute atomic E-state index is 12.8. The number of hydrogen-bond acceptors (Lipinski definition) is 7. The van der Waals surface area contributed by atoms with Crippen molar-refractivity contribution in [1.29, 1.82) is 0 Å². The highest BCUT2D eigenvalue weighted by Gasteiger charge is 2.25. The lowest BCUT2D eigenvalue weighted by Crippen LogP contribution is -2.35. The minimum atomic E-state index is -0.405. The molecule has 0 amide bonds. The number of para-hydroxylation sites is 1. The van der Waals surface area contributed by atoms with Gasteiger partial charge in [0.15, 0.2) is 0 Å². The van der Waals surface area contributed by atoms with Crippen LogP contribution in [0.25, 0.3) is 22.3 Å². The normalized spacial score (nSPS) is 13.8. The van der Waals surface area contributed by atoms with E-state index in [0.717, 1.165) is 22.2 Å². The zero-order valence-electron chi connectivity index (χ0n) is 16.9. The average Bonchev–Trinajstić information content (AvgIpc) is 3.18. The summed E-state index contributed by atoms with van der Waals surface area (Å²) < 4.78 is 4.96. The SMILES string of the molecule is COC(=O)c1[nH]c2ccccc2c1CN1CCc2nc(-c3cncnc3)[nH]c(=O)c2C1. The Bertz CT molecular complexity index is 1330. The van der Waals surface area contributed by atoms with Crippen LogP contribution in [-0.4, -0.2) is 49.4 Å². The van der Waals surface area contributed by atoms with Crippen LogP contribution in [-0.2, 0) is 24.2 Å². The molecule has 0 fully saturated rings. The highest BCUT2D eigenvalue weighted by molar-refractivity contribution is 5.98. The van der Waals surface area contributed by atoms with Crippen molar-refractivity contribution in [1.82, 2.24) is 29.8 Å². The number of esters is 1. The summed E-state index contributed by atoms with van der Waals surface area (Å²) in [6.45, 7) is 1.68. The minimum absolute atomic E-state index is 0.166. The van der Waals surface area contributed by atoms with E-state index in [2.05, 4.69) is 29.8 Å². The Morgan fingerprint density at radius 2 is 2.00 bits per heavy atom. The molecule has 0 saturated carbocycles. The molecular weight excluding hydrogens is 396 g/mol. The number of ether oxygens (including phenoxy) is 1. The molecular formula is C22H20N6O3. The number of carbonyl (C=O) groups is 1. The van der Waals surface area contributed by atoms with Crippen LogP contribution in [0, 0.1) is 0 Å². The van der Waals surface area contributed by atoms with Gasteiger partial charge in [-0.2, -0.15) is 0 Å². The molecule has 0 aliphatic carbocycles. The monoisotopic (exact) mass is 416 g/mol. The highest BCUT2D eigenvalue weighted by atomic mass is 16.5. The first kappa shape index (κ1) is 19.1. The fraction of sp³-hybridized carbons (Fsp3) is 0.227. The lowest BCUT2D eigenvalue weighted by Gasteiger charge is -2.27. The van der Waals surface area contributed by atoms with Crippen molar-refractivity contribution in [3.8, 4) is 11.4 Å². The summed E-state index contributed by atoms with van der Waals surface area (Å²) >= 11 is 0. The maximum Gasteiger partial charge on any atom is 0.354 e. The third-order valence-corrected chi connectivity index (χ3v) is 5.57. The van der Waals surface area contributed by atoms with Crippen molar-refractivity contribution in [2.45, 2.75) is 19.5 Å². The molecule has 3 aromatic heterocycles. The first-order valence-corrected chi connectivity index (χ1v) is 9.91. The summed E-state index contributed by atoms with van der Waals surface area (Å²) in [5.41, 5.74) is 4.13. The van der Waals surface area contributed by atoms with Crippen LogP contribution in [0.5, 0.6) is 0 Å². The molecule has 0 bridgehead atoms. The second-order valence-corrected chi connectivity index (χ2v) is 7.44. The Morgan fingerprint density at radius 3 is 2.81 bits per heavy atom. The average molecular weight is 416 g/mol. The van der Waals surface area contributed by atoms with Gasteiger partial charge in [-0.05, 0) is 6.07 Å². The number of aromatic amines is 2. The minimum Gasteiger partial charge on any atom is -0.464 e. The van der Waals surface area contributed by atoms with Crippen molar-refractivity contribution in [3.63, 3.8) is 0 Å². The quantitative estimate of drug-likeness (QED) is 0.489. The van der Waals surface area contributed by atoms with Gasteiger partial charge in [0, 0.05) is 54.9 Å². The predicted molar refractivity (Wildman–Crippen MR) is 113 cm³/mol. The van der Waals surface area contributed by atoms with Crippen molar-refractivity contribution < 1.29 is 9.53 Å². The molecule has 1 aliphatic rings. The predicted octanol–water partition coefficient (Wildman–Crippen LogP) is 2.05. The molecule has 31 heavy (non-hydrogen) atoms. The summed E-state index contributed by atoms with van der Waals surface area (Å²) in [6, 6.07) is 7.77. The summed E-state index contributed by atoms with van der Waals surface area (Å²) in [5.74, 6) is 0.0697. The molecule has 5 rings (SSSR count). The number of carbonyl (C=O) groups excluding carboxylic acids is 1. The number of nitrogens with zero attached hydrogens (tertiary/aromatic N) is 4. The van der Waals surface area contributed by atoms with Crippen LogP contribution < -0.4 is 5.56 Å².